The zero-order valence-electron chi connectivity index (χ0n) is 27.1. The number of methoxy groups -OCH3 is 1. The molecule has 0 saturated heterocycles. The number of hydrogen-bond donors (Lipinski definition) is 3. The number of hydrogen-bond acceptors (Lipinski definition) is 8. The number of anilines is 1. The number of halogens is 2. The first-order chi connectivity index (χ1) is 23.1. The fourth-order valence-corrected chi connectivity index (χ4v) is 6.37. The molecule has 4 aromatic rings. The summed E-state index contributed by atoms with van der Waals surface area (Å²) in [5, 5.41) is 9.50. The maximum Gasteiger partial charge on any atom is 0.297 e. The maximum absolute atomic E-state index is 13.1. The predicted molar refractivity (Wildman–Crippen MR) is 185 cm³/mol. The highest BCUT2D eigenvalue weighted by atomic mass is 35.5. The lowest BCUT2D eigenvalue weighted by molar-refractivity contribution is -0.124. The standard InChI is InChI=1S/C34H39Cl2N7O5/c1-21(44)40-23-12-10-22(11-13-23)38-17-30(45)39-18-31(46)42(2)27-15-14-26(35)25(32(27)36)20-48-29-9-6-8-28-33(29)41-34(47-3)43(28)19-24-7-4-5-16-37-24/h4-9,14-16,22-23,38H,10-13,17-20H2,1-3H3,(H,39,45)(H,40,44). The third-order valence-electron chi connectivity index (χ3n) is 8.33. The third-order valence-corrected chi connectivity index (χ3v) is 9.11. The molecule has 5 rings (SSSR count). The van der Waals surface area contributed by atoms with Crippen LogP contribution < -0.4 is 30.3 Å². The van der Waals surface area contributed by atoms with Crippen LogP contribution in [0.5, 0.6) is 11.8 Å². The molecule has 1 fully saturated rings. The first-order valence-electron chi connectivity index (χ1n) is 15.7. The van der Waals surface area contributed by atoms with Crippen molar-refractivity contribution in [3.05, 3.63) is 76.0 Å². The molecule has 0 aliphatic heterocycles. The van der Waals surface area contributed by atoms with Crippen molar-refractivity contribution in [2.75, 3.05) is 32.1 Å². The quantitative estimate of drug-likeness (QED) is 0.186. The number of amides is 3. The van der Waals surface area contributed by atoms with Crippen molar-refractivity contribution in [1.29, 1.82) is 0 Å². The number of rotatable bonds is 13. The van der Waals surface area contributed by atoms with Crippen molar-refractivity contribution < 1.29 is 23.9 Å². The van der Waals surface area contributed by atoms with E-state index in [0.717, 1.165) is 36.9 Å². The summed E-state index contributed by atoms with van der Waals surface area (Å²) in [5.41, 5.74) is 3.17. The molecule has 14 heteroatoms. The van der Waals surface area contributed by atoms with Crippen molar-refractivity contribution in [1.82, 2.24) is 30.5 Å². The van der Waals surface area contributed by atoms with Gasteiger partial charge in [-0.05, 0) is 62.1 Å². The number of carbonyl (C=O) groups is 3. The van der Waals surface area contributed by atoms with Crippen LogP contribution in [0.15, 0.2) is 54.7 Å². The number of fused-ring (bicyclic) bond motifs is 1. The molecule has 254 valence electrons. The number of para-hydroxylation sites is 1. The van der Waals surface area contributed by atoms with Crippen LogP contribution in [0.1, 0.15) is 43.9 Å². The Hall–Kier alpha value is -4.39. The van der Waals surface area contributed by atoms with Crippen molar-refractivity contribution in [2.24, 2.45) is 0 Å². The molecule has 0 unspecified atom stereocenters. The monoisotopic (exact) mass is 695 g/mol. The van der Waals surface area contributed by atoms with Gasteiger partial charge in [0.05, 0.1) is 48.7 Å². The summed E-state index contributed by atoms with van der Waals surface area (Å²) in [6, 6.07) is 15.4. The van der Waals surface area contributed by atoms with Crippen LogP contribution in [-0.2, 0) is 27.5 Å². The average Bonchev–Trinajstić information content (AvgIpc) is 3.44. The molecule has 2 heterocycles. The van der Waals surface area contributed by atoms with Gasteiger partial charge in [-0.1, -0.05) is 35.3 Å². The lowest BCUT2D eigenvalue weighted by Crippen LogP contribution is -2.46. The number of benzene rings is 2. The van der Waals surface area contributed by atoms with Crippen molar-refractivity contribution in [2.45, 2.75) is 57.8 Å². The normalized spacial score (nSPS) is 15.9. The Labute approximate surface area is 289 Å². The Morgan fingerprint density at radius 2 is 1.77 bits per heavy atom. The zero-order valence-corrected chi connectivity index (χ0v) is 28.6. The lowest BCUT2D eigenvalue weighted by Gasteiger charge is -2.29. The second-order valence-electron chi connectivity index (χ2n) is 11.6. The van der Waals surface area contributed by atoms with E-state index in [2.05, 4.69) is 25.9 Å². The maximum atomic E-state index is 13.1. The summed E-state index contributed by atoms with van der Waals surface area (Å²) in [6.07, 6.45) is 5.18. The molecule has 1 saturated carbocycles. The van der Waals surface area contributed by atoms with E-state index in [1.807, 2.05) is 34.9 Å². The molecule has 48 heavy (non-hydrogen) atoms. The molecule has 0 atom stereocenters. The van der Waals surface area contributed by atoms with Gasteiger partial charge in [0.25, 0.3) is 6.01 Å². The highest BCUT2D eigenvalue weighted by molar-refractivity contribution is 6.38. The van der Waals surface area contributed by atoms with E-state index in [0.29, 0.717) is 40.1 Å². The van der Waals surface area contributed by atoms with Gasteiger partial charge < -0.3 is 30.3 Å². The van der Waals surface area contributed by atoms with E-state index < -0.39 is 0 Å². The summed E-state index contributed by atoms with van der Waals surface area (Å²) in [7, 11) is 3.15. The summed E-state index contributed by atoms with van der Waals surface area (Å²) in [4.78, 5) is 47.3. The first kappa shape index (κ1) is 34.9. The molecule has 3 amide bonds. The number of pyridine rings is 1. The SMILES string of the molecule is COc1nc2c(OCc3c(Cl)ccc(N(C)C(=O)CNC(=O)CNC4CCC(NC(C)=O)CC4)c3Cl)cccc2n1Cc1ccccn1. The Balaban J connectivity index is 1.19. The van der Waals surface area contributed by atoms with Gasteiger partial charge in [0, 0.05) is 42.8 Å². The van der Waals surface area contributed by atoms with Gasteiger partial charge >= 0.3 is 0 Å². The van der Waals surface area contributed by atoms with E-state index in [9.17, 15) is 14.4 Å². The average molecular weight is 697 g/mol. The van der Waals surface area contributed by atoms with Crippen LogP contribution in [0.4, 0.5) is 5.69 Å². The van der Waals surface area contributed by atoms with Gasteiger partial charge in [-0.3, -0.25) is 23.9 Å². The second-order valence-corrected chi connectivity index (χ2v) is 12.4. The number of likely N-dealkylation sites (N-methyl/N-ethyl adjacent to an activating group) is 1. The Kier molecular flexibility index (Phi) is 11.7. The molecular weight excluding hydrogens is 657 g/mol. The number of aromatic nitrogens is 3. The third kappa shape index (κ3) is 8.55. The molecule has 3 N–H and O–H groups in total. The van der Waals surface area contributed by atoms with Crippen LogP contribution in [0.2, 0.25) is 10.0 Å². The van der Waals surface area contributed by atoms with Crippen LogP contribution in [-0.4, -0.2) is 71.6 Å². The van der Waals surface area contributed by atoms with Gasteiger partial charge in [0.1, 0.15) is 17.9 Å². The predicted octanol–water partition coefficient (Wildman–Crippen LogP) is 4.49. The van der Waals surface area contributed by atoms with E-state index in [-0.39, 0.29) is 54.5 Å². The fraction of sp³-hybridized carbons (Fsp3) is 0.382. The van der Waals surface area contributed by atoms with E-state index in [1.165, 1.54) is 11.8 Å². The number of nitrogens with one attached hydrogen (secondary N) is 3. The van der Waals surface area contributed by atoms with Crippen molar-refractivity contribution >= 4 is 57.6 Å². The summed E-state index contributed by atoms with van der Waals surface area (Å²) in [5.74, 6) is -0.165. The second kappa shape index (κ2) is 16.1. The molecule has 0 bridgehead atoms. The summed E-state index contributed by atoms with van der Waals surface area (Å²) >= 11 is 13.3. The number of imidazole rings is 1. The number of ether oxygens (including phenoxy) is 2. The highest BCUT2D eigenvalue weighted by Crippen LogP contribution is 2.36. The molecule has 12 nitrogen and oxygen atoms in total. The molecule has 1 aliphatic rings. The summed E-state index contributed by atoms with van der Waals surface area (Å²) < 4.78 is 13.7. The first-order valence-corrected chi connectivity index (χ1v) is 16.5. The van der Waals surface area contributed by atoms with Crippen molar-refractivity contribution in [3.63, 3.8) is 0 Å². The number of nitrogens with zero attached hydrogens (tertiary/aromatic N) is 4. The van der Waals surface area contributed by atoms with Crippen molar-refractivity contribution in [3.8, 4) is 11.8 Å². The Morgan fingerprint density at radius 1 is 1.00 bits per heavy atom. The Morgan fingerprint density at radius 3 is 2.48 bits per heavy atom. The minimum atomic E-state index is -0.356. The van der Waals surface area contributed by atoms with E-state index in [4.69, 9.17) is 32.7 Å². The van der Waals surface area contributed by atoms with Gasteiger partial charge in [-0.2, -0.15) is 4.98 Å². The minimum Gasteiger partial charge on any atom is -0.486 e. The van der Waals surface area contributed by atoms with E-state index in [1.54, 1.807) is 38.6 Å². The molecular formula is C34H39Cl2N7O5. The largest absolute Gasteiger partial charge is 0.486 e. The molecule has 2 aromatic heterocycles. The highest BCUT2D eigenvalue weighted by Gasteiger charge is 2.23. The fourth-order valence-electron chi connectivity index (χ4n) is 5.76. The number of carbonyl (C=O) groups excluding carboxylic acids is 3. The van der Waals surface area contributed by atoms with E-state index >= 15 is 0 Å². The van der Waals surface area contributed by atoms with Crippen LogP contribution in [0.25, 0.3) is 11.0 Å². The molecule has 0 spiro atoms. The van der Waals surface area contributed by atoms with Crippen LogP contribution in [0, 0.1) is 0 Å². The zero-order chi connectivity index (χ0) is 34.2. The summed E-state index contributed by atoms with van der Waals surface area (Å²) in [6.45, 7) is 1.88. The molecule has 2 aromatic carbocycles. The topological polar surface area (TPSA) is 140 Å². The lowest BCUT2D eigenvalue weighted by atomic mass is 9.91. The van der Waals surface area contributed by atoms with Gasteiger partial charge in [0.2, 0.25) is 17.7 Å². The van der Waals surface area contributed by atoms with Crippen LogP contribution in [0.3, 0.4) is 0 Å². The van der Waals surface area contributed by atoms with Gasteiger partial charge in [0.15, 0.2) is 0 Å². The minimum absolute atomic E-state index is 0.0111. The molecule has 1 aliphatic carbocycles. The molecule has 0 radical (unpaired) electrons. The smallest absolute Gasteiger partial charge is 0.297 e. The van der Waals surface area contributed by atoms with Gasteiger partial charge in [-0.15, -0.1) is 0 Å². The Bertz CT molecular complexity index is 1760. The van der Waals surface area contributed by atoms with Gasteiger partial charge in [-0.25, -0.2) is 0 Å². The van der Waals surface area contributed by atoms with Crippen LogP contribution >= 0.6 is 23.2 Å².